The summed E-state index contributed by atoms with van der Waals surface area (Å²) in [6.45, 7) is -1.52. The van der Waals surface area contributed by atoms with Crippen LogP contribution in [-0.2, 0) is 23.7 Å². The molecule has 11 atom stereocenters. The van der Waals surface area contributed by atoms with Gasteiger partial charge in [-0.1, -0.05) is 64.2 Å². The van der Waals surface area contributed by atoms with Crippen molar-refractivity contribution in [3.05, 3.63) is 0 Å². The van der Waals surface area contributed by atoms with Gasteiger partial charge in [0.15, 0.2) is 12.6 Å². The SMILES string of the molecule is O=C(O)CCCCCCCCCCCCCC(O)CO[C@@H]1O[C@H](CO)[C@@H](O[C@@H]2O[C@H](CO)[C@@H](O)[C@H](O)[C@H]2O)[C@H](O)[C@H]1O. The van der Waals surface area contributed by atoms with Gasteiger partial charge in [0, 0.05) is 6.42 Å². The van der Waals surface area contributed by atoms with Crippen molar-refractivity contribution in [1.29, 1.82) is 0 Å². The zero-order valence-corrected chi connectivity index (χ0v) is 24.2. The first-order valence-corrected chi connectivity index (χ1v) is 15.2. The highest BCUT2D eigenvalue weighted by atomic mass is 16.7. The van der Waals surface area contributed by atoms with Crippen molar-refractivity contribution >= 4 is 5.97 Å². The molecule has 0 aliphatic carbocycles. The molecule has 2 aliphatic heterocycles. The van der Waals surface area contributed by atoms with Gasteiger partial charge in [-0.25, -0.2) is 0 Å². The Bertz CT molecular complexity index is 725. The Balaban J connectivity index is 1.62. The second-order valence-electron chi connectivity index (χ2n) is 11.3. The van der Waals surface area contributed by atoms with Gasteiger partial charge in [0.25, 0.3) is 0 Å². The molecule has 248 valence electrons. The van der Waals surface area contributed by atoms with Gasteiger partial charge in [0.05, 0.1) is 25.9 Å². The fourth-order valence-corrected chi connectivity index (χ4v) is 5.23. The number of unbranched alkanes of at least 4 members (excludes halogenated alkanes) is 10. The molecule has 0 amide bonds. The number of rotatable bonds is 21. The molecule has 2 aliphatic rings. The third kappa shape index (κ3) is 12.2. The van der Waals surface area contributed by atoms with Crippen molar-refractivity contribution in [2.24, 2.45) is 0 Å². The average Bonchev–Trinajstić information content (AvgIpc) is 2.97. The molecule has 0 aromatic carbocycles. The summed E-state index contributed by atoms with van der Waals surface area (Å²) in [7, 11) is 0. The van der Waals surface area contributed by atoms with E-state index in [1.807, 2.05) is 0 Å². The molecule has 2 fully saturated rings. The van der Waals surface area contributed by atoms with Crippen molar-refractivity contribution < 1.29 is 69.7 Å². The summed E-state index contributed by atoms with van der Waals surface area (Å²) in [5.41, 5.74) is 0. The van der Waals surface area contributed by atoms with Crippen molar-refractivity contribution in [1.82, 2.24) is 0 Å². The normalized spacial score (nSPS) is 34.4. The largest absolute Gasteiger partial charge is 0.481 e. The van der Waals surface area contributed by atoms with Crippen molar-refractivity contribution in [2.45, 2.75) is 151 Å². The lowest BCUT2D eigenvalue weighted by Crippen LogP contribution is -2.64. The van der Waals surface area contributed by atoms with E-state index in [2.05, 4.69) is 0 Å². The number of carboxylic acid groups (broad SMARTS) is 1. The highest BCUT2D eigenvalue weighted by molar-refractivity contribution is 5.66. The van der Waals surface area contributed by atoms with E-state index in [9.17, 15) is 45.6 Å². The second-order valence-corrected chi connectivity index (χ2v) is 11.3. The van der Waals surface area contributed by atoms with Crippen LogP contribution in [0.1, 0.15) is 83.5 Å². The third-order valence-corrected chi connectivity index (χ3v) is 7.84. The van der Waals surface area contributed by atoms with Crippen LogP contribution >= 0.6 is 0 Å². The standard InChI is InChI=1S/C28H52O14/c29-14-18-21(34)22(35)24(37)28(40-18)42-26-19(15-30)41-27(25(38)23(26)36)39-16-17(31)12-10-8-6-4-2-1-3-5-7-9-11-13-20(32)33/h17-19,21-31,34-38H,1-16H2,(H,32,33)/t17?,18-,19-,21-,22+,23-,24-,25-,26-,27-,28+/m1/s1. The van der Waals surface area contributed by atoms with Gasteiger partial charge in [-0.2, -0.15) is 0 Å². The summed E-state index contributed by atoms with van der Waals surface area (Å²) < 4.78 is 21.8. The molecule has 42 heavy (non-hydrogen) atoms. The lowest BCUT2D eigenvalue weighted by Gasteiger charge is -2.46. The lowest BCUT2D eigenvalue weighted by molar-refractivity contribution is -0.360. The Kier molecular flexibility index (Phi) is 17.8. The number of hydrogen-bond acceptors (Lipinski definition) is 13. The summed E-state index contributed by atoms with van der Waals surface area (Å²) >= 11 is 0. The molecule has 0 aromatic heterocycles. The van der Waals surface area contributed by atoms with Crippen LogP contribution in [0.5, 0.6) is 0 Å². The molecule has 14 heteroatoms. The van der Waals surface area contributed by atoms with Gasteiger partial charge in [0.2, 0.25) is 0 Å². The predicted molar refractivity (Wildman–Crippen MR) is 146 cm³/mol. The summed E-state index contributed by atoms with van der Waals surface area (Å²) in [5, 5.41) is 89.3. The summed E-state index contributed by atoms with van der Waals surface area (Å²) in [6.07, 6.45) is -4.04. The first-order chi connectivity index (χ1) is 20.1. The summed E-state index contributed by atoms with van der Waals surface area (Å²) in [5.74, 6) is -0.734. The fourth-order valence-electron chi connectivity index (χ4n) is 5.23. The zero-order chi connectivity index (χ0) is 31.1. The molecule has 1 unspecified atom stereocenters. The van der Waals surface area contributed by atoms with E-state index in [4.69, 9.17) is 24.1 Å². The highest BCUT2D eigenvalue weighted by Crippen LogP contribution is 2.29. The van der Waals surface area contributed by atoms with Crippen LogP contribution in [0.2, 0.25) is 0 Å². The minimum Gasteiger partial charge on any atom is -0.481 e. The molecule has 0 aromatic rings. The molecule has 0 radical (unpaired) electrons. The minimum atomic E-state index is -1.75. The van der Waals surface area contributed by atoms with Gasteiger partial charge in [0.1, 0.15) is 48.8 Å². The fraction of sp³-hybridized carbons (Fsp3) is 0.964. The van der Waals surface area contributed by atoms with Crippen LogP contribution in [0.4, 0.5) is 0 Å². The number of aliphatic hydroxyl groups is 8. The van der Waals surface area contributed by atoms with E-state index in [0.29, 0.717) is 6.42 Å². The maximum absolute atomic E-state index is 10.7. The van der Waals surface area contributed by atoms with E-state index in [1.54, 1.807) is 0 Å². The van der Waals surface area contributed by atoms with Crippen molar-refractivity contribution in [2.75, 3.05) is 19.8 Å². The topological polar surface area (TPSA) is 236 Å². The summed E-state index contributed by atoms with van der Waals surface area (Å²) in [6, 6.07) is 0. The van der Waals surface area contributed by atoms with Crippen LogP contribution in [0.15, 0.2) is 0 Å². The van der Waals surface area contributed by atoms with Crippen LogP contribution in [0.3, 0.4) is 0 Å². The van der Waals surface area contributed by atoms with E-state index in [1.165, 1.54) is 0 Å². The Hall–Kier alpha value is -1.01. The van der Waals surface area contributed by atoms with E-state index < -0.39 is 86.7 Å². The zero-order valence-electron chi connectivity index (χ0n) is 24.2. The molecule has 2 rings (SSSR count). The van der Waals surface area contributed by atoms with Gasteiger partial charge < -0.3 is 64.9 Å². The van der Waals surface area contributed by atoms with E-state index >= 15 is 0 Å². The average molecular weight is 613 g/mol. The lowest BCUT2D eigenvalue weighted by atomic mass is 9.97. The van der Waals surface area contributed by atoms with Crippen molar-refractivity contribution in [3.8, 4) is 0 Å². The highest BCUT2D eigenvalue weighted by Gasteiger charge is 2.50. The Morgan fingerprint density at radius 1 is 0.643 bits per heavy atom. The number of hydrogen-bond donors (Lipinski definition) is 9. The number of carboxylic acids is 1. The molecule has 0 spiro atoms. The quantitative estimate of drug-likeness (QED) is 0.0718. The van der Waals surface area contributed by atoms with E-state index in [-0.39, 0.29) is 13.0 Å². The maximum Gasteiger partial charge on any atom is 0.303 e. The number of aliphatic carboxylic acids is 1. The predicted octanol–water partition coefficient (Wildman–Crippen LogP) is -0.856. The van der Waals surface area contributed by atoms with Gasteiger partial charge in [-0.3, -0.25) is 4.79 Å². The van der Waals surface area contributed by atoms with Gasteiger partial charge in [-0.15, -0.1) is 0 Å². The smallest absolute Gasteiger partial charge is 0.303 e. The molecular weight excluding hydrogens is 560 g/mol. The Labute approximate surface area is 246 Å². The maximum atomic E-state index is 10.7. The number of ether oxygens (including phenoxy) is 4. The number of carbonyl (C=O) groups is 1. The molecular formula is C28H52O14. The second kappa shape index (κ2) is 20.1. The third-order valence-electron chi connectivity index (χ3n) is 7.84. The summed E-state index contributed by atoms with van der Waals surface area (Å²) in [4.78, 5) is 10.5. The first-order valence-electron chi connectivity index (χ1n) is 15.2. The molecule has 0 saturated carbocycles. The van der Waals surface area contributed by atoms with Crippen LogP contribution in [0, 0.1) is 0 Å². The number of aliphatic hydroxyl groups excluding tert-OH is 8. The Morgan fingerprint density at radius 2 is 1.14 bits per heavy atom. The molecule has 2 heterocycles. The minimum absolute atomic E-state index is 0.169. The van der Waals surface area contributed by atoms with E-state index in [0.717, 1.165) is 70.6 Å². The monoisotopic (exact) mass is 612 g/mol. The molecule has 9 N–H and O–H groups in total. The van der Waals surface area contributed by atoms with Crippen molar-refractivity contribution in [3.63, 3.8) is 0 Å². The molecule has 0 bridgehead atoms. The van der Waals surface area contributed by atoms with Gasteiger partial charge >= 0.3 is 5.97 Å². The Morgan fingerprint density at radius 3 is 1.69 bits per heavy atom. The molecule has 14 nitrogen and oxygen atoms in total. The van der Waals surface area contributed by atoms with Crippen LogP contribution in [-0.4, -0.2) is 139 Å². The first kappa shape index (κ1) is 37.2. The van der Waals surface area contributed by atoms with Gasteiger partial charge in [-0.05, 0) is 12.8 Å². The van der Waals surface area contributed by atoms with Crippen LogP contribution in [0.25, 0.3) is 0 Å². The van der Waals surface area contributed by atoms with Crippen LogP contribution < -0.4 is 0 Å². The molecule has 2 saturated heterocycles.